The Labute approximate surface area is 106 Å². The number of hydrogen-bond donors (Lipinski definition) is 1. The predicted octanol–water partition coefficient (Wildman–Crippen LogP) is 2.69. The maximum Gasteiger partial charge on any atom is 0.129 e. The lowest BCUT2D eigenvalue weighted by molar-refractivity contribution is 0.702. The van der Waals surface area contributed by atoms with Crippen molar-refractivity contribution < 1.29 is 0 Å². The largest absolute Gasteiger partial charge is 0.328 e. The van der Waals surface area contributed by atoms with Gasteiger partial charge in [-0.25, -0.2) is 9.97 Å². The van der Waals surface area contributed by atoms with Gasteiger partial charge in [-0.05, 0) is 13.0 Å². The third-order valence-electron chi connectivity index (χ3n) is 2.39. The van der Waals surface area contributed by atoms with E-state index in [2.05, 4.69) is 9.97 Å². The quantitative estimate of drug-likeness (QED) is 0.907. The Balaban J connectivity index is 2.27. The van der Waals surface area contributed by atoms with Crippen LogP contribution < -0.4 is 5.73 Å². The molecule has 17 heavy (non-hydrogen) atoms. The van der Waals surface area contributed by atoms with Crippen molar-refractivity contribution in [2.45, 2.75) is 19.4 Å². The molecule has 0 aliphatic heterocycles. The van der Waals surface area contributed by atoms with E-state index in [-0.39, 0.29) is 6.04 Å². The Bertz CT molecular complexity index is 494. The molecule has 1 aromatic heterocycles. The average Bonchev–Trinajstić information content (AvgIpc) is 2.30. The monoisotopic (exact) mass is 247 g/mol. The highest BCUT2D eigenvalue weighted by Gasteiger charge is 2.05. The molecule has 0 aliphatic rings. The second-order valence-corrected chi connectivity index (χ2v) is 4.46. The van der Waals surface area contributed by atoms with E-state index in [1.807, 2.05) is 31.2 Å². The first-order valence-corrected chi connectivity index (χ1v) is 5.86. The van der Waals surface area contributed by atoms with E-state index in [0.717, 1.165) is 17.0 Å². The maximum absolute atomic E-state index is 6.11. The molecule has 4 heteroatoms. The van der Waals surface area contributed by atoms with Gasteiger partial charge in [0.25, 0.3) is 0 Å². The summed E-state index contributed by atoms with van der Waals surface area (Å²) in [5.41, 5.74) is 7.56. The van der Waals surface area contributed by atoms with Crippen molar-refractivity contribution in [3.63, 3.8) is 0 Å². The van der Waals surface area contributed by atoms with Crippen molar-refractivity contribution in [1.29, 1.82) is 0 Å². The van der Waals surface area contributed by atoms with Gasteiger partial charge in [-0.3, -0.25) is 0 Å². The van der Waals surface area contributed by atoms with Crippen LogP contribution in [0.3, 0.4) is 0 Å². The molecule has 2 N–H and O–H groups in total. The average molecular weight is 248 g/mol. The molecule has 1 heterocycles. The predicted molar refractivity (Wildman–Crippen MR) is 69.8 cm³/mol. The molecule has 1 atom stereocenters. The zero-order valence-corrected chi connectivity index (χ0v) is 10.4. The van der Waals surface area contributed by atoms with Gasteiger partial charge in [0.15, 0.2) is 0 Å². The first-order chi connectivity index (χ1) is 8.16. The Morgan fingerprint density at radius 2 is 1.88 bits per heavy atom. The third-order valence-corrected chi connectivity index (χ3v) is 2.72. The van der Waals surface area contributed by atoms with E-state index >= 15 is 0 Å². The lowest BCUT2D eigenvalue weighted by Gasteiger charge is -2.06. The van der Waals surface area contributed by atoms with Gasteiger partial charge in [0.2, 0.25) is 0 Å². The molecule has 0 saturated carbocycles. The van der Waals surface area contributed by atoms with Gasteiger partial charge in [-0.2, -0.15) is 0 Å². The Hall–Kier alpha value is -1.45. The second-order valence-electron chi connectivity index (χ2n) is 4.05. The first kappa shape index (κ1) is 12.0. The molecule has 2 aromatic rings. The zero-order valence-electron chi connectivity index (χ0n) is 9.60. The van der Waals surface area contributed by atoms with Crippen molar-refractivity contribution in [2.75, 3.05) is 0 Å². The summed E-state index contributed by atoms with van der Waals surface area (Å²) in [6.45, 7) is 1.94. The maximum atomic E-state index is 6.11. The first-order valence-electron chi connectivity index (χ1n) is 5.48. The summed E-state index contributed by atoms with van der Waals surface area (Å²) in [5.74, 6) is 0.760. The van der Waals surface area contributed by atoms with E-state index in [0.29, 0.717) is 11.4 Å². The topological polar surface area (TPSA) is 51.8 Å². The number of halogens is 1. The van der Waals surface area contributed by atoms with E-state index < -0.39 is 0 Å². The summed E-state index contributed by atoms with van der Waals surface area (Å²) in [6.07, 6.45) is 4.25. The van der Waals surface area contributed by atoms with Crippen molar-refractivity contribution in [3.05, 3.63) is 47.5 Å². The molecular formula is C13H14ClN3. The lowest BCUT2D eigenvalue weighted by Crippen LogP contribution is -2.19. The number of benzene rings is 1. The van der Waals surface area contributed by atoms with Crippen molar-refractivity contribution >= 4 is 11.6 Å². The Kier molecular flexibility index (Phi) is 3.71. The Morgan fingerprint density at radius 3 is 2.47 bits per heavy atom. The molecule has 1 aromatic carbocycles. The van der Waals surface area contributed by atoms with Crippen molar-refractivity contribution in [1.82, 2.24) is 9.97 Å². The minimum Gasteiger partial charge on any atom is -0.328 e. The number of aromatic nitrogens is 2. The molecule has 3 nitrogen and oxygen atoms in total. The molecule has 0 spiro atoms. The van der Waals surface area contributed by atoms with Crippen LogP contribution in [0.4, 0.5) is 0 Å². The smallest absolute Gasteiger partial charge is 0.129 e. The van der Waals surface area contributed by atoms with Crippen LogP contribution in [0.1, 0.15) is 12.7 Å². The fraction of sp³-hybridized carbons (Fsp3) is 0.231. The fourth-order valence-electron chi connectivity index (χ4n) is 1.58. The lowest BCUT2D eigenvalue weighted by atomic mass is 10.1. The number of rotatable bonds is 3. The number of hydrogen-bond acceptors (Lipinski definition) is 3. The molecule has 0 bridgehead atoms. The second kappa shape index (κ2) is 5.25. The highest BCUT2D eigenvalue weighted by Crippen LogP contribution is 2.26. The summed E-state index contributed by atoms with van der Waals surface area (Å²) >= 11 is 6.11. The molecule has 0 radical (unpaired) electrons. The van der Waals surface area contributed by atoms with Gasteiger partial charge < -0.3 is 5.73 Å². The van der Waals surface area contributed by atoms with Crippen molar-refractivity contribution in [3.8, 4) is 11.1 Å². The summed E-state index contributed by atoms with van der Waals surface area (Å²) < 4.78 is 0. The van der Waals surface area contributed by atoms with Gasteiger partial charge in [0.1, 0.15) is 5.82 Å². The highest BCUT2D eigenvalue weighted by atomic mass is 35.5. The molecule has 0 fully saturated rings. The number of nitrogens with zero attached hydrogens (tertiary/aromatic N) is 2. The van der Waals surface area contributed by atoms with Crippen LogP contribution in [0.5, 0.6) is 0 Å². The molecular weight excluding hydrogens is 234 g/mol. The van der Waals surface area contributed by atoms with E-state index in [1.54, 1.807) is 12.4 Å². The van der Waals surface area contributed by atoms with E-state index in [9.17, 15) is 0 Å². The standard InChI is InChI=1S/C13H14ClN3/c1-9(15)6-13-16-7-10(8-17-13)11-4-2-3-5-12(11)14/h2-5,7-9H,6,15H2,1H3. The van der Waals surface area contributed by atoms with Gasteiger partial charge in [0.05, 0.1) is 0 Å². The van der Waals surface area contributed by atoms with Crippen LogP contribution in [0, 0.1) is 0 Å². The van der Waals surface area contributed by atoms with Crippen LogP contribution in [-0.2, 0) is 6.42 Å². The Morgan fingerprint density at radius 1 is 1.24 bits per heavy atom. The normalized spacial score (nSPS) is 12.4. The van der Waals surface area contributed by atoms with Crippen LogP contribution in [-0.4, -0.2) is 16.0 Å². The molecule has 0 saturated heterocycles. The van der Waals surface area contributed by atoms with Crippen LogP contribution in [0.25, 0.3) is 11.1 Å². The van der Waals surface area contributed by atoms with E-state index in [1.165, 1.54) is 0 Å². The van der Waals surface area contributed by atoms with Gasteiger partial charge in [-0.15, -0.1) is 0 Å². The van der Waals surface area contributed by atoms with Crippen LogP contribution in [0.2, 0.25) is 5.02 Å². The molecule has 0 aliphatic carbocycles. The molecule has 88 valence electrons. The van der Waals surface area contributed by atoms with Crippen LogP contribution >= 0.6 is 11.6 Å². The summed E-state index contributed by atoms with van der Waals surface area (Å²) in [6, 6.07) is 7.72. The fourth-order valence-corrected chi connectivity index (χ4v) is 1.83. The zero-order chi connectivity index (χ0) is 12.3. The van der Waals surface area contributed by atoms with Crippen LogP contribution in [0.15, 0.2) is 36.7 Å². The summed E-state index contributed by atoms with van der Waals surface area (Å²) in [4.78, 5) is 8.57. The van der Waals surface area contributed by atoms with E-state index in [4.69, 9.17) is 17.3 Å². The third kappa shape index (κ3) is 3.02. The van der Waals surface area contributed by atoms with Crippen molar-refractivity contribution in [2.24, 2.45) is 5.73 Å². The minimum absolute atomic E-state index is 0.0705. The highest BCUT2D eigenvalue weighted by molar-refractivity contribution is 6.33. The SMILES string of the molecule is CC(N)Cc1ncc(-c2ccccc2Cl)cn1. The molecule has 2 rings (SSSR count). The van der Waals surface area contributed by atoms with Gasteiger partial charge >= 0.3 is 0 Å². The molecule has 1 unspecified atom stereocenters. The van der Waals surface area contributed by atoms with Gasteiger partial charge in [0, 0.05) is 41.0 Å². The minimum atomic E-state index is 0.0705. The molecule has 0 amide bonds. The van der Waals surface area contributed by atoms with Gasteiger partial charge in [-0.1, -0.05) is 29.8 Å². The number of nitrogens with two attached hydrogens (primary N) is 1. The summed E-state index contributed by atoms with van der Waals surface area (Å²) in [5, 5.41) is 0.705. The summed E-state index contributed by atoms with van der Waals surface area (Å²) in [7, 11) is 0.